The molecular formula is C20H20ClN3O2. The van der Waals surface area contributed by atoms with Crippen LogP contribution in [0.25, 0.3) is 11.3 Å². The Balaban J connectivity index is 1.66. The van der Waals surface area contributed by atoms with Crippen molar-refractivity contribution in [2.45, 2.75) is 6.42 Å². The number of benzene rings is 2. The lowest BCUT2D eigenvalue weighted by atomic mass is 10.1. The molecule has 0 fully saturated rings. The van der Waals surface area contributed by atoms with Crippen LogP contribution in [0.15, 0.2) is 54.6 Å². The van der Waals surface area contributed by atoms with E-state index in [2.05, 4.69) is 10.4 Å². The van der Waals surface area contributed by atoms with Gasteiger partial charge in [-0.3, -0.25) is 9.48 Å². The summed E-state index contributed by atoms with van der Waals surface area (Å²) in [4.78, 5) is 12.5. The van der Waals surface area contributed by atoms with Gasteiger partial charge in [-0.05, 0) is 42.3 Å². The molecule has 1 heterocycles. The van der Waals surface area contributed by atoms with Crippen molar-refractivity contribution in [3.05, 3.63) is 70.9 Å². The highest BCUT2D eigenvalue weighted by molar-refractivity contribution is 6.30. The van der Waals surface area contributed by atoms with Gasteiger partial charge in [0, 0.05) is 24.2 Å². The first-order chi connectivity index (χ1) is 12.6. The van der Waals surface area contributed by atoms with Crippen molar-refractivity contribution in [3.63, 3.8) is 0 Å². The Morgan fingerprint density at radius 2 is 1.96 bits per heavy atom. The average Bonchev–Trinajstić information content (AvgIpc) is 3.05. The molecule has 3 aromatic rings. The highest BCUT2D eigenvalue weighted by Crippen LogP contribution is 2.23. The van der Waals surface area contributed by atoms with E-state index in [4.69, 9.17) is 16.3 Å². The Hall–Kier alpha value is -2.79. The molecule has 0 bridgehead atoms. The summed E-state index contributed by atoms with van der Waals surface area (Å²) in [5.41, 5.74) is 3.27. The molecule has 0 aliphatic rings. The van der Waals surface area contributed by atoms with Gasteiger partial charge in [0.15, 0.2) is 0 Å². The van der Waals surface area contributed by atoms with Gasteiger partial charge in [0.25, 0.3) is 5.91 Å². The summed E-state index contributed by atoms with van der Waals surface area (Å²) in [6.45, 7) is 0.542. The van der Waals surface area contributed by atoms with Crippen molar-refractivity contribution in [1.29, 1.82) is 0 Å². The maximum absolute atomic E-state index is 12.5. The van der Waals surface area contributed by atoms with E-state index < -0.39 is 0 Å². The number of carbonyl (C=O) groups is 1. The van der Waals surface area contributed by atoms with Crippen molar-refractivity contribution in [3.8, 4) is 17.0 Å². The van der Waals surface area contributed by atoms with Gasteiger partial charge in [-0.1, -0.05) is 35.9 Å². The standard InChI is InChI=1S/C20H20ClN3O2/c1-24-19(13-18(23-24)15-4-3-5-17(12-15)26-2)20(25)22-11-10-14-6-8-16(21)9-7-14/h3-9,12-13H,10-11H2,1-2H3,(H,22,25). The van der Waals surface area contributed by atoms with E-state index in [0.717, 1.165) is 29.0 Å². The van der Waals surface area contributed by atoms with Crippen molar-refractivity contribution in [2.24, 2.45) is 7.05 Å². The van der Waals surface area contributed by atoms with Crippen LogP contribution in [-0.4, -0.2) is 29.3 Å². The molecule has 3 rings (SSSR count). The van der Waals surface area contributed by atoms with Gasteiger partial charge in [-0.2, -0.15) is 5.10 Å². The average molecular weight is 370 g/mol. The minimum absolute atomic E-state index is 0.150. The van der Waals surface area contributed by atoms with E-state index >= 15 is 0 Å². The van der Waals surface area contributed by atoms with E-state index in [1.54, 1.807) is 24.9 Å². The molecule has 0 aliphatic heterocycles. The number of hydrogen-bond donors (Lipinski definition) is 1. The fourth-order valence-corrected chi connectivity index (χ4v) is 2.79. The first-order valence-electron chi connectivity index (χ1n) is 8.28. The molecule has 0 aliphatic carbocycles. The van der Waals surface area contributed by atoms with Crippen LogP contribution < -0.4 is 10.1 Å². The third kappa shape index (κ3) is 4.24. The summed E-state index contributed by atoms with van der Waals surface area (Å²) in [7, 11) is 3.38. The third-order valence-corrected chi connectivity index (χ3v) is 4.34. The monoisotopic (exact) mass is 369 g/mol. The summed E-state index contributed by atoms with van der Waals surface area (Å²) < 4.78 is 6.83. The maximum Gasteiger partial charge on any atom is 0.269 e. The van der Waals surface area contributed by atoms with Gasteiger partial charge in [-0.25, -0.2) is 0 Å². The Morgan fingerprint density at radius 3 is 2.69 bits per heavy atom. The number of nitrogens with one attached hydrogen (secondary N) is 1. The molecule has 0 unspecified atom stereocenters. The SMILES string of the molecule is COc1cccc(-c2cc(C(=O)NCCc3ccc(Cl)cc3)n(C)n2)c1. The summed E-state index contributed by atoms with van der Waals surface area (Å²) in [5, 5.41) is 8.08. The number of halogens is 1. The highest BCUT2D eigenvalue weighted by Gasteiger charge is 2.14. The van der Waals surface area contributed by atoms with Gasteiger partial charge in [0.05, 0.1) is 12.8 Å². The molecule has 6 heteroatoms. The lowest BCUT2D eigenvalue weighted by Crippen LogP contribution is -2.27. The first kappa shape index (κ1) is 18.0. The van der Waals surface area contributed by atoms with Crippen LogP contribution in [0, 0.1) is 0 Å². The molecule has 0 saturated carbocycles. The predicted octanol–water partition coefficient (Wildman–Crippen LogP) is 3.72. The maximum atomic E-state index is 12.5. The van der Waals surface area contributed by atoms with Crippen molar-refractivity contribution >= 4 is 17.5 Å². The second-order valence-electron chi connectivity index (χ2n) is 5.90. The Morgan fingerprint density at radius 1 is 1.19 bits per heavy atom. The molecule has 1 aromatic heterocycles. The summed E-state index contributed by atoms with van der Waals surface area (Å²) in [6, 6.07) is 17.0. The van der Waals surface area contributed by atoms with Gasteiger partial charge in [-0.15, -0.1) is 0 Å². The smallest absolute Gasteiger partial charge is 0.269 e. The van der Waals surface area contributed by atoms with Crippen LogP contribution in [0.3, 0.4) is 0 Å². The minimum atomic E-state index is -0.150. The van der Waals surface area contributed by atoms with Crippen LogP contribution in [0.2, 0.25) is 5.02 Å². The molecule has 5 nitrogen and oxygen atoms in total. The van der Waals surface area contributed by atoms with Crippen LogP contribution in [-0.2, 0) is 13.5 Å². The van der Waals surface area contributed by atoms with E-state index in [-0.39, 0.29) is 5.91 Å². The minimum Gasteiger partial charge on any atom is -0.497 e. The van der Waals surface area contributed by atoms with Gasteiger partial charge < -0.3 is 10.1 Å². The zero-order chi connectivity index (χ0) is 18.5. The number of hydrogen-bond acceptors (Lipinski definition) is 3. The van der Waals surface area contributed by atoms with Crippen molar-refractivity contribution in [1.82, 2.24) is 15.1 Å². The second kappa shape index (κ2) is 8.06. The molecule has 1 amide bonds. The lowest BCUT2D eigenvalue weighted by Gasteiger charge is -2.05. The molecule has 134 valence electrons. The van der Waals surface area contributed by atoms with Crippen LogP contribution >= 0.6 is 11.6 Å². The highest BCUT2D eigenvalue weighted by atomic mass is 35.5. The zero-order valence-corrected chi connectivity index (χ0v) is 15.5. The molecule has 0 saturated heterocycles. The topological polar surface area (TPSA) is 56.1 Å². The fourth-order valence-electron chi connectivity index (χ4n) is 2.67. The number of amides is 1. The summed E-state index contributed by atoms with van der Waals surface area (Å²) in [5.74, 6) is 0.602. The number of ether oxygens (including phenoxy) is 1. The Bertz CT molecular complexity index is 904. The first-order valence-corrected chi connectivity index (χ1v) is 8.66. The molecular weight excluding hydrogens is 350 g/mol. The van der Waals surface area contributed by atoms with Gasteiger partial charge in [0.2, 0.25) is 0 Å². The van der Waals surface area contributed by atoms with Crippen LogP contribution in [0.1, 0.15) is 16.1 Å². The van der Waals surface area contributed by atoms with E-state index in [9.17, 15) is 4.79 Å². The number of nitrogens with zero attached hydrogens (tertiary/aromatic N) is 2. The number of methoxy groups -OCH3 is 1. The molecule has 0 radical (unpaired) electrons. The van der Waals surface area contributed by atoms with E-state index in [0.29, 0.717) is 17.3 Å². The quantitative estimate of drug-likeness (QED) is 0.720. The largest absolute Gasteiger partial charge is 0.497 e. The van der Waals surface area contributed by atoms with Crippen molar-refractivity contribution in [2.75, 3.05) is 13.7 Å². The Labute approximate surface area is 157 Å². The normalized spacial score (nSPS) is 10.6. The summed E-state index contributed by atoms with van der Waals surface area (Å²) in [6.07, 6.45) is 0.740. The van der Waals surface area contributed by atoms with Crippen LogP contribution in [0.4, 0.5) is 0 Å². The molecule has 0 atom stereocenters. The number of carbonyl (C=O) groups excluding carboxylic acids is 1. The predicted molar refractivity (Wildman–Crippen MR) is 103 cm³/mol. The molecule has 2 aromatic carbocycles. The lowest BCUT2D eigenvalue weighted by molar-refractivity contribution is 0.0944. The van der Waals surface area contributed by atoms with Gasteiger partial charge >= 0.3 is 0 Å². The Kier molecular flexibility index (Phi) is 5.58. The number of rotatable bonds is 6. The third-order valence-electron chi connectivity index (χ3n) is 4.09. The molecule has 0 spiro atoms. The zero-order valence-electron chi connectivity index (χ0n) is 14.7. The molecule has 26 heavy (non-hydrogen) atoms. The summed E-state index contributed by atoms with van der Waals surface area (Å²) >= 11 is 5.88. The fraction of sp³-hybridized carbons (Fsp3) is 0.200. The second-order valence-corrected chi connectivity index (χ2v) is 6.34. The van der Waals surface area contributed by atoms with Crippen LogP contribution in [0.5, 0.6) is 5.75 Å². The number of aromatic nitrogens is 2. The van der Waals surface area contributed by atoms with E-state index in [1.165, 1.54) is 0 Å². The number of aryl methyl sites for hydroxylation is 1. The van der Waals surface area contributed by atoms with Crippen molar-refractivity contribution < 1.29 is 9.53 Å². The van der Waals surface area contributed by atoms with Gasteiger partial charge in [0.1, 0.15) is 11.4 Å². The molecule has 1 N–H and O–H groups in total. The van der Waals surface area contributed by atoms with E-state index in [1.807, 2.05) is 48.5 Å².